The van der Waals surface area contributed by atoms with Crippen molar-refractivity contribution in [2.45, 2.75) is 0 Å². The SMILES string of the molecule is COc1ccccc1-c1noc2c(Br)cccc12. The Labute approximate surface area is 112 Å². The van der Waals surface area contributed by atoms with Gasteiger partial charge in [-0.05, 0) is 40.2 Å². The summed E-state index contributed by atoms with van der Waals surface area (Å²) in [6, 6.07) is 13.6. The molecule has 0 amide bonds. The average molecular weight is 304 g/mol. The number of hydrogen-bond donors (Lipinski definition) is 0. The molecule has 3 aromatic rings. The molecule has 1 aromatic heterocycles. The molecule has 0 fully saturated rings. The van der Waals surface area contributed by atoms with Gasteiger partial charge >= 0.3 is 0 Å². The summed E-state index contributed by atoms with van der Waals surface area (Å²) in [5, 5.41) is 5.12. The number of hydrogen-bond acceptors (Lipinski definition) is 3. The third-order valence-corrected chi connectivity index (χ3v) is 3.44. The van der Waals surface area contributed by atoms with Crippen molar-refractivity contribution in [1.82, 2.24) is 5.16 Å². The lowest BCUT2D eigenvalue weighted by atomic mass is 10.1. The first kappa shape index (κ1) is 11.3. The Morgan fingerprint density at radius 3 is 2.78 bits per heavy atom. The zero-order chi connectivity index (χ0) is 12.5. The van der Waals surface area contributed by atoms with Gasteiger partial charge in [-0.3, -0.25) is 0 Å². The molecule has 0 radical (unpaired) electrons. The van der Waals surface area contributed by atoms with Gasteiger partial charge in [-0.15, -0.1) is 0 Å². The lowest BCUT2D eigenvalue weighted by Gasteiger charge is -2.04. The molecule has 0 saturated carbocycles. The first-order chi connectivity index (χ1) is 8.81. The zero-order valence-electron chi connectivity index (χ0n) is 9.68. The number of aromatic nitrogens is 1. The van der Waals surface area contributed by atoms with Crippen molar-refractivity contribution in [2.75, 3.05) is 7.11 Å². The highest BCUT2D eigenvalue weighted by molar-refractivity contribution is 9.10. The summed E-state index contributed by atoms with van der Waals surface area (Å²) in [4.78, 5) is 0. The van der Waals surface area contributed by atoms with Gasteiger partial charge in [0.1, 0.15) is 11.4 Å². The summed E-state index contributed by atoms with van der Waals surface area (Å²) in [7, 11) is 1.65. The van der Waals surface area contributed by atoms with Gasteiger partial charge in [-0.2, -0.15) is 0 Å². The molecule has 1 heterocycles. The quantitative estimate of drug-likeness (QED) is 0.709. The van der Waals surface area contributed by atoms with E-state index in [0.29, 0.717) is 0 Å². The molecule has 0 spiro atoms. The van der Waals surface area contributed by atoms with Gasteiger partial charge in [0.15, 0.2) is 5.58 Å². The predicted octanol–water partition coefficient (Wildman–Crippen LogP) is 4.27. The molecule has 0 unspecified atom stereocenters. The van der Waals surface area contributed by atoms with Gasteiger partial charge in [0.25, 0.3) is 0 Å². The number of fused-ring (bicyclic) bond motifs is 1. The van der Waals surface area contributed by atoms with Crippen LogP contribution in [0.4, 0.5) is 0 Å². The van der Waals surface area contributed by atoms with E-state index in [9.17, 15) is 0 Å². The minimum Gasteiger partial charge on any atom is -0.496 e. The number of nitrogens with zero attached hydrogens (tertiary/aromatic N) is 1. The number of para-hydroxylation sites is 2. The molecule has 0 saturated heterocycles. The molecule has 4 heteroatoms. The minimum atomic E-state index is 0.749. The molecular weight excluding hydrogens is 294 g/mol. The van der Waals surface area contributed by atoms with Crippen LogP contribution in [0.5, 0.6) is 5.75 Å². The third-order valence-electron chi connectivity index (χ3n) is 2.81. The van der Waals surface area contributed by atoms with E-state index < -0.39 is 0 Å². The van der Waals surface area contributed by atoms with Crippen LogP contribution in [0, 0.1) is 0 Å². The van der Waals surface area contributed by atoms with Crippen LogP contribution in [0.2, 0.25) is 0 Å². The van der Waals surface area contributed by atoms with Crippen LogP contribution in [0.3, 0.4) is 0 Å². The fourth-order valence-electron chi connectivity index (χ4n) is 1.96. The monoisotopic (exact) mass is 303 g/mol. The van der Waals surface area contributed by atoms with Crippen LogP contribution in [-0.4, -0.2) is 12.3 Å². The fourth-order valence-corrected chi connectivity index (χ4v) is 2.40. The molecule has 0 aliphatic rings. The van der Waals surface area contributed by atoms with E-state index in [1.165, 1.54) is 0 Å². The van der Waals surface area contributed by atoms with Gasteiger partial charge < -0.3 is 9.26 Å². The third kappa shape index (κ3) is 1.69. The Balaban J connectivity index is 2.29. The second-order valence-electron chi connectivity index (χ2n) is 3.85. The number of rotatable bonds is 2. The fraction of sp³-hybridized carbons (Fsp3) is 0.0714. The molecule has 0 aliphatic carbocycles. The van der Waals surface area contributed by atoms with Crippen LogP contribution < -0.4 is 4.74 Å². The first-order valence-electron chi connectivity index (χ1n) is 5.48. The van der Waals surface area contributed by atoms with E-state index in [1.807, 2.05) is 42.5 Å². The van der Waals surface area contributed by atoms with E-state index in [-0.39, 0.29) is 0 Å². The van der Waals surface area contributed by atoms with Gasteiger partial charge in [0.2, 0.25) is 0 Å². The molecule has 0 aliphatic heterocycles. The Kier molecular flexibility index (Phi) is 2.80. The molecule has 0 bridgehead atoms. The van der Waals surface area contributed by atoms with Gasteiger partial charge in [0.05, 0.1) is 17.0 Å². The van der Waals surface area contributed by atoms with Crippen molar-refractivity contribution in [2.24, 2.45) is 0 Å². The van der Waals surface area contributed by atoms with Crippen LogP contribution in [-0.2, 0) is 0 Å². The van der Waals surface area contributed by atoms with Crippen molar-refractivity contribution < 1.29 is 9.26 Å². The highest BCUT2D eigenvalue weighted by Crippen LogP contribution is 2.36. The van der Waals surface area contributed by atoms with Gasteiger partial charge in [0, 0.05) is 5.56 Å². The summed E-state index contributed by atoms with van der Waals surface area (Å²) in [6.07, 6.45) is 0. The van der Waals surface area contributed by atoms with Crippen molar-refractivity contribution in [1.29, 1.82) is 0 Å². The maximum atomic E-state index is 5.38. The van der Waals surface area contributed by atoms with Crippen LogP contribution >= 0.6 is 15.9 Å². The van der Waals surface area contributed by atoms with Gasteiger partial charge in [-0.1, -0.05) is 23.4 Å². The topological polar surface area (TPSA) is 35.3 Å². The number of methoxy groups -OCH3 is 1. The second kappa shape index (κ2) is 4.46. The average Bonchev–Trinajstić information content (AvgIpc) is 2.84. The van der Waals surface area contributed by atoms with E-state index in [4.69, 9.17) is 9.26 Å². The van der Waals surface area contributed by atoms with E-state index in [2.05, 4.69) is 21.1 Å². The van der Waals surface area contributed by atoms with Crippen molar-refractivity contribution in [3.8, 4) is 17.0 Å². The molecule has 3 rings (SSSR count). The Bertz CT molecular complexity index is 706. The Morgan fingerprint density at radius 1 is 1.11 bits per heavy atom. The van der Waals surface area contributed by atoms with Gasteiger partial charge in [-0.25, -0.2) is 0 Å². The van der Waals surface area contributed by atoms with Crippen LogP contribution in [0.1, 0.15) is 0 Å². The van der Waals surface area contributed by atoms with Crippen molar-refractivity contribution in [3.63, 3.8) is 0 Å². The normalized spacial score (nSPS) is 10.8. The lowest BCUT2D eigenvalue weighted by molar-refractivity contribution is 0.415. The van der Waals surface area contributed by atoms with E-state index in [0.717, 1.165) is 32.4 Å². The minimum absolute atomic E-state index is 0.749. The van der Waals surface area contributed by atoms with Crippen LogP contribution in [0.25, 0.3) is 22.2 Å². The second-order valence-corrected chi connectivity index (χ2v) is 4.70. The molecule has 0 atom stereocenters. The molecule has 0 N–H and O–H groups in total. The summed E-state index contributed by atoms with van der Waals surface area (Å²) in [5.41, 5.74) is 2.47. The maximum Gasteiger partial charge on any atom is 0.181 e. The predicted molar refractivity (Wildman–Crippen MR) is 73.7 cm³/mol. The van der Waals surface area contributed by atoms with Crippen LogP contribution in [0.15, 0.2) is 51.5 Å². The highest BCUT2D eigenvalue weighted by Gasteiger charge is 2.15. The molecule has 90 valence electrons. The standard InChI is InChI=1S/C14H10BrNO2/c1-17-12-8-3-2-5-9(12)13-10-6-4-7-11(15)14(10)18-16-13/h2-8H,1H3. The summed E-state index contributed by atoms with van der Waals surface area (Å²) >= 11 is 3.45. The smallest absolute Gasteiger partial charge is 0.181 e. The molecule has 3 nitrogen and oxygen atoms in total. The molecular formula is C14H10BrNO2. The van der Waals surface area contributed by atoms with Crippen molar-refractivity contribution >= 4 is 26.9 Å². The van der Waals surface area contributed by atoms with E-state index >= 15 is 0 Å². The summed E-state index contributed by atoms with van der Waals surface area (Å²) in [5.74, 6) is 0.785. The van der Waals surface area contributed by atoms with Crippen molar-refractivity contribution in [3.05, 3.63) is 46.9 Å². The number of benzene rings is 2. The Hall–Kier alpha value is -1.81. The maximum absolute atomic E-state index is 5.38. The number of halogens is 1. The number of ether oxygens (including phenoxy) is 1. The zero-order valence-corrected chi connectivity index (χ0v) is 11.3. The molecule has 18 heavy (non-hydrogen) atoms. The largest absolute Gasteiger partial charge is 0.496 e. The lowest BCUT2D eigenvalue weighted by Crippen LogP contribution is -1.87. The van der Waals surface area contributed by atoms with E-state index in [1.54, 1.807) is 7.11 Å². The summed E-state index contributed by atoms with van der Waals surface area (Å²) < 4.78 is 11.6. The molecule has 2 aromatic carbocycles. The highest BCUT2D eigenvalue weighted by atomic mass is 79.9. The summed E-state index contributed by atoms with van der Waals surface area (Å²) in [6.45, 7) is 0. The Morgan fingerprint density at radius 2 is 1.94 bits per heavy atom. The first-order valence-corrected chi connectivity index (χ1v) is 6.28.